The average molecular weight is 309 g/mol. The van der Waals surface area contributed by atoms with E-state index in [0.717, 1.165) is 17.4 Å². The van der Waals surface area contributed by atoms with Gasteiger partial charge in [-0.05, 0) is 42.6 Å². The van der Waals surface area contributed by atoms with Crippen LogP contribution < -0.4 is 11.1 Å². The molecule has 0 aromatic heterocycles. The van der Waals surface area contributed by atoms with Gasteiger partial charge < -0.3 is 11.1 Å². The van der Waals surface area contributed by atoms with Gasteiger partial charge in [0, 0.05) is 19.0 Å². The fourth-order valence-electron chi connectivity index (χ4n) is 3.98. The predicted octanol–water partition coefficient (Wildman–Crippen LogP) is 3.05. The van der Waals surface area contributed by atoms with Crippen LogP contribution in [0.2, 0.25) is 0 Å². The minimum absolute atomic E-state index is 0. The molecule has 2 saturated carbocycles. The second-order valence-electron chi connectivity index (χ2n) is 6.46. The molecule has 0 heterocycles. The second kappa shape index (κ2) is 7.28. The number of carbonyl (C=O) groups is 1. The molecule has 3 rings (SSSR count). The molecule has 2 bridgehead atoms. The first-order valence-corrected chi connectivity index (χ1v) is 7.79. The smallest absolute Gasteiger partial charge is 0.220 e. The van der Waals surface area contributed by atoms with Crippen molar-refractivity contribution in [2.75, 3.05) is 6.54 Å². The highest BCUT2D eigenvalue weighted by molar-refractivity contribution is 5.85. The highest BCUT2D eigenvalue weighted by Gasteiger charge is 2.40. The predicted molar refractivity (Wildman–Crippen MR) is 87.2 cm³/mol. The molecule has 4 unspecified atom stereocenters. The molecule has 4 heteroatoms. The van der Waals surface area contributed by atoms with E-state index in [2.05, 4.69) is 5.32 Å². The second-order valence-corrected chi connectivity index (χ2v) is 6.46. The molecule has 1 aromatic rings. The SMILES string of the molecule is Cl.NC(CNC(=O)CC1CC2CCC1C2)c1ccccc1. The molecule has 3 N–H and O–H groups in total. The van der Waals surface area contributed by atoms with E-state index < -0.39 is 0 Å². The molecule has 0 saturated heterocycles. The van der Waals surface area contributed by atoms with E-state index in [9.17, 15) is 4.79 Å². The Labute approximate surface area is 133 Å². The number of rotatable bonds is 5. The van der Waals surface area contributed by atoms with Gasteiger partial charge in [-0.3, -0.25) is 4.79 Å². The summed E-state index contributed by atoms with van der Waals surface area (Å²) >= 11 is 0. The van der Waals surface area contributed by atoms with Gasteiger partial charge in [0.25, 0.3) is 0 Å². The van der Waals surface area contributed by atoms with Crippen LogP contribution in [0, 0.1) is 17.8 Å². The number of halogens is 1. The summed E-state index contributed by atoms with van der Waals surface area (Å²) in [5.74, 6) is 2.52. The summed E-state index contributed by atoms with van der Waals surface area (Å²) in [6.45, 7) is 0.531. The Morgan fingerprint density at radius 1 is 1.24 bits per heavy atom. The molecular weight excluding hydrogens is 284 g/mol. The fourth-order valence-corrected chi connectivity index (χ4v) is 3.98. The Morgan fingerprint density at radius 3 is 2.62 bits per heavy atom. The van der Waals surface area contributed by atoms with Crippen molar-refractivity contribution in [2.45, 2.75) is 38.1 Å². The molecule has 0 spiro atoms. The van der Waals surface area contributed by atoms with Gasteiger partial charge >= 0.3 is 0 Å². The lowest BCUT2D eigenvalue weighted by atomic mass is 9.86. The average Bonchev–Trinajstić information content (AvgIpc) is 3.08. The van der Waals surface area contributed by atoms with E-state index in [1.165, 1.54) is 25.7 Å². The molecule has 1 amide bonds. The lowest BCUT2D eigenvalue weighted by Gasteiger charge is -2.21. The van der Waals surface area contributed by atoms with E-state index in [1.807, 2.05) is 30.3 Å². The van der Waals surface area contributed by atoms with E-state index in [1.54, 1.807) is 0 Å². The van der Waals surface area contributed by atoms with Crippen LogP contribution in [0.4, 0.5) is 0 Å². The van der Waals surface area contributed by atoms with Gasteiger partial charge in [-0.1, -0.05) is 36.8 Å². The topological polar surface area (TPSA) is 55.1 Å². The van der Waals surface area contributed by atoms with Gasteiger partial charge in [0.1, 0.15) is 0 Å². The first-order valence-electron chi connectivity index (χ1n) is 7.79. The fraction of sp³-hybridized carbons (Fsp3) is 0.588. The Balaban J connectivity index is 0.00000161. The van der Waals surface area contributed by atoms with Gasteiger partial charge in [-0.2, -0.15) is 0 Å². The lowest BCUT2D eigenvalue weighted by molar-refractivity contribution is -0.122. The van der Waals surface area contributed by atoms with Crippen LogP contribution in [-0.2, 0) is 4.79 Å². The van der Waals surface area contributed by atoms with Crippen LogP contribution in [0.3, 0.4) is 0 Å². The van der Waals surface area contributed by atoms with Crippen LogP contribution >= 0.6 is 12.4 Å². The highest BCUT2D eigenvalue weighted by Crippen LogP contribution is 2.49. The lowest BCUT2D eigenvalue weighted by Crippen LogP contribution is -2.33. The van der Waals surface area contributed by atoms with Crippen molar-refractivity contribution in [3.05, 3.63) is 35.9 Å². The van der Waals surface area contributed by atoms with E-state index >= 15 is 0 Å². The maximum absolute atomic E-state index is 12.0. The maximum atomic E-state index is 12.0. The maximum Gasteiger partial charge on any atom is 0.220 e. The van der Waals surface area contributed by atoms with Crippen LogP contribution in [0.15, 0.2) is 30.3 Å². The number of benzene rings is 1. The zero-order valence-corrected chi connectivity index (χ0v) is 13.1. The molecule has 0 radical (unpaired) electrons. The molecule has 0 aliphatic heterocycles. The number of fused-ring (bicyclic) bond motifs is 2. The molecule has 1 aromatic carbocycles. The van der Waals surface area contributed by atoms with E-state index in [0.29, 0.717) is 18.9 Å². The Hall–Kier alpha value is -1.06. The zero-order chi connectivity index (χ0) is 13.9. The molecule has 116 valence electrons. The number of nitrogens with two attached hydrogens (primary N) is 1. The largest absolute Gasteiger partial charge is 0.354 e. The first-order chi connectivity index (χ1) is 9.72. The van der Waals surface area contributed by atoms with Crippen molar-refractivity contribution in [1.82, 2.24) is 5.32 Å². The summed E-state index contributed by atoms with van der Waals surface area (Å²) in [7, 11) is 0. The van der Waals surface area contributed by atoms with E-state index in [-0.39, 0.29) is 24.4 Å². The van der Waals surface area contributed by atoms with Crippen molar-refractivity contribution < 1.29 is 4.79 Å². The number of nitrogens with one attached hydrogen (secondary N) is 1. The molecular formula is C17H25ClN2O. The summed E-state index contributed by atoms with van der Waals surface area (Å²) in [6, 6.07) is 9.84. The van der Waals surface area contributed by atoms with Crippen molar-refractivity contribution >= 4 is 18.3 Å². The first kappa shape index (κ1) is 16.3. The Kier molecular flexibility index (Phi) is 5.65. The van der Waals surface area contributed by atoms with Crippen LogP contribution in [0.1, 0.15) is 43.7 Å². The quantitative estimate of drug-likeness (QED) is 0.878. The summed E-state index contributed by atoms with van der Waals surface area (Å²) in [5, 5.41) is 3.00. The molecule has 2 aliphatic carbocycles. The normalized spacial score (nSPS) is 28.0. The van der Waals surface area contributed by atoms with Crippen molar-refractivity contribution in [3.8, 4) is 0 Å². The van der Waals surface area contributed by atoms with Crippen LogP contribution in [0.5, 0.6) is 0 Å². The number of amides is 1. The minimum Gasteiger partial charge on any atom is -0.354 e. The third-order valence-corrected chi connectivity index (χ3v) is 5.08. The minimum atomic E-state index is -0.111. The van der Waals surface area contributed by atoms with Crippen LogP contribution in [-0.4, -0.2) is 12.5 Å². The summed E-state index contributed by atoms with van der Waals surface area (Å²) in [5.41, 5.74) is 7.17. The molecule has 2 aliphatic rings. The molecule has 2 fully saturated rings. The third-order valence-electron chi connectivity index (χ3n) is 5.08. The van der Waals surface area contributed by atoms with Crippen LogP contribution in [0.25, 0.3) is 0 Å². The molecule has 21 heavy (non-hydrogen) atoms. The summed E-state index contributed by atoms with van der Waals surface area (Å²) < 4.78 is 0. The Morgan fingerprint density at radius 2 is 2.00 bits per heavy atom. The summed E-state index contributed by atoms with van der Waals surface area (Å²) in [4.78, 5) is 12.0. The molecule has 3 nitrogen and oxygen atoms in total. The van der Waals surface area contributed by atoms with Gasteiger partial charge in [0.2, 0.25) is 5.91 Å². The van der Waals surface area contributed by atoms with Gasteiger partial charge in [0.15, 0.2) is 0 Å². The number of carbonyl (C=O) groups excluding carboxylic acids is 1. The Bertz CT molecular complexity index is 465. The number of hydrogen-bond donors (Lipinski definition) is 2. The highest BCUT2D eigenvalue weighted by atomic mass is 35.5. The van der Waals surface area contributed by atoms with Gasteiger partial charge in [-0.25, -0.2) is 0 Å². The third kappa shape index (κ3) is 3.98. The van der Waals surface area contributed by atoms with Crippen molar-refractivity contribution in [1.29, 1.82) is 0 Å². The zero-order valence-electron chi connectivity index (χ0n) is 12.3. The molecule has 4 atom stereocenters. The number of hydrogen-bond acceptors (Lipinski definition) is 2. The van der Waals surface area contributed by atoms with Gasteiger partial charge in [-0.15, -0.1) is 12.4 Å². The summed E-state index contributed by atoms with van der Waals surface area (Å²) in [6.07, 6.45) is 6.06. The van der Waals surface area contributed by atoms with Crippen molar-refractivity contribution in [2.24, 2.45) is 23.5 Å². The standard InChI is InChI=1S/C17H24N2O.ClH/c18-16(13-4-2-1-3-5-13)11-19-17(20)10-15-9-12-6-7-14(15)8-12;/h1-5,12,14-16H,6-11,18H2,(H,19,20);1H. The van der Waals surface area contributed by atoms with Gasteiger partial charge in [0.05, 0.1) is 0 Å². The van der Waals surface area contributed by atoms with E-state index in [4.69, 9.17) is 5.73 Å². The monoisotopic (exact) mass is 308 g/mol. The van der Waals surface area contributed by atoms with Crippen molar-refractivity contribution in [3.63, 3.8) is 0 Å².